The average molecular weight is 334 g/mol. The van der Waals surface area contributed by atoms with Crippen LogP contribution in [0.4, 0.5) is 0 Å². The van der Waals surface area contributed by atoms with E-state index < -0.39 is 0 Å². The van der Waals surface area contributed by atoms with Gasteiger partial charge < -0.3 is 4.98 Å². The summed E-state index contributed by atoms with van der Waals surface area (Å²) < 4.78 is 3.91. The molecule has 25 heavy (non-hydrogen) atoms. The summed E-state index contributed by atoms with van der Waals surface area (Å²) >= 11 is 0. The molecule has 0 bridgehead atoms. The Morgan fingerprint density at radius 1 is 0.960 bits per heavy atom. The summed E-state index contributed by atoms with van der Waals surface area (Å²) in [6, 6.07) is 8.32. The molecule has 0 spiro atoms. The average Bonchev–Trinajstić information content (AvgIpc) is 3.22. The third kappa shape index (κ3) is 2.36. The van der Waals surface area contributed by atoms with E-state index in [-0.39, 0.29) is 0 Å². The van der Waals surface area contributed by atoms with Crippen molar-refractivity contribution in [2.45, 2.75) is 41.2 Å². The van der Waals surface area contributed by atoms with Crippen LogP contribution in [0, 0.1) is 27.7 Å². The maximum Gasteiger partial charge on any atom is 0.181 e. The van der Waals surface area contributed by atoms with E-state index in [1.54, 1.807) is 0 Å². The monoisotopic (exact) mass is 334 g/mol. The van der Waals surface area contributed by atoms with Crippen LogP contribution >= 0.6 is 0 Å². The number of nitrogens with zero attached hydrogens (tertiary/aromatic N) is 5. The lowest BCUT2D eigenvalue weighted by Crippen LogP contribution is -1.99. The molecule has 3 heterocycles. The third-order valence-corrected chi connectivity index (χ3v) is 4.69. The molecule has 0 atom stereocenters. The van der Waals surface area contributed by atoms with Gasteiger partial charge in [0, 0.05) is 12.2 Å². The normalized spacial score (nSPS) is 11.6. The minimum absolute atomic E-state index is 0.847. The number of rotatable bonds is 3. The molecule has 6 nitrogen and oxygen atoms in total. The fourth-order valence-electron chi connectivity index (χ4n) is 3.35. The van der Waals surface area contributed by atoms with Gasteiger partial charge in [0.2, 0.25) is 0 Å². The molecule has 1 N–H and O–H groups in total. The summed E-state index contributed by atoms with van der Waals surface area (Å²) in [6.45, 7) is 11.2. The van der Waals surface area contributed by atoms with E-state index >= 15 is 0 Å². The van der Waals surface area contributed by atoms with Crippen molar-refractivity contribution < 1.29 is 0 Å². The molecule has 0 saturated carbocycles. The number of nitrogens with one attached hydrogen (secondary N) is 1. The zero-order valence-corrected chi connectivity index (χ0v) is 15.3. The molecule has 0 radical (unpaired) electrons. The highest BCUT2D eigenvalue weighted by Crippen LogP contribution is 2.28. The van der Waals surface area contributed by atoms with Crippen LogP contribution in [0.15, 0.2) is 24.3 Å². The summed E-state index contributed by atoms with van der Waals surface area (Å²) in [5.41, 5.74) is 8.19. The van der Waals surface area contributed by atoms with E-state index in [1.807, 2.05) is 23.2 Å². The first-order valence-corrected chi connectivity index (χ1v) is 8.56. The van der Waals surface area contributed by atoms with Gasteiger partial charge in [-0.1, -0.05) is 17.7 Å². The van der Waals surface area contributed by atoms with Gasteiger partial charge in [-0.15, -0.1) is 0 Å². The fourth-order valence-corrected chi connectivity index (χ4v) is 3.35. The predicted molar refractivity (Wildman–Crippen MR) is 99.1 cm³/mol. The van der Waals surface area contributed by atoms with E-state index in [0.717, 1.165) is 51.9 Å². The Hall–Kier alpha value is -2.89. The number of hydrogen-bond donors (Lipinski definition) is 1. The van der Waals surface area contributed by atoms with Crippen LogP contribution in [0.3, 0.4) is 0 Å². The number of benzene rings is 1. The van der Waals surface area contributed by atoms with Crippen molar-refractivity contribution in [1.29, 1.82) is 0 Å². The quantitative estimate of drug-likeness (QED) is 0.618. The molecule has 0 amide bonds. The Kier molecular flexibility index (Phi) is 3.49. The van der Waals surface area contributed by atoms with Crippen molar-refractivity contribution in [1.82, 2.24) is 29.5 Å². The van der Waals surface area contributed by atoms with Gasteiger partial charge in [0.15, 0.2) is 5.65 Å². The molecular formula is C19H22N6. The van der Waals surface area contributed by atoms with Gasteiger partial charge >= 0.3 is 0 Å². The lowest BCUT2D eigenvalue weighted by molar-refractivity contribution is 0.634. The number of H-pyrrole nitrogens is 1. The molecule has 0 aliphatic carbocycles. The molecule has 6 heteroatoms. The summed E-state index contributed by atoms with van der Waals surface area (Å²) in [6.07, 6.45) is 0. The second-order valence-corrected chi connectivity index (χ2v) is 6.48. The molecule has 4 aromatic rings. The maximum atomic E-state index is 4.86. The van der Waals surface area contributed by atoms with Crippen LogP contribution in [-0.4, -0.2) is 29.5 Å². The van der Waals surface area contributed by atoms with Gasteiger partial charge in [-0.3, -0.25) is 4.68 Å². The van der Waals surface area contributed by atoms with Crippen molar-refractivity contribution >= 4 is 11.2 Å². The number of aromatic amines is 1. The fraction of sp³-hybridized carbons (Fsp3) is 0.316. The molecule has 3 aromatic heterocycles. The maximum absolute atomic E-state index is 4.86. The van der Waals surface area contributed by atoms with Crippen LogP contribution < -0.4 is 0 Å². The van der Waals surface area contributed by atoms with E-state index in [2.05, 4.69) is 60.2 Å². The van der Waals surface area contributed by atoms with Crippen LogP contribution in [-0.2, 0) is 6.54 Å². The standard InChI is InChI=1S/C19H22N6/c1-6-24-14(5)16(12(3)22-24)18-20-17-13(4)23-25(19(17)21-18)15-9-7-11(2)8-10-15/h7-10H,6H2,1-5H3,(H,20,21). The van der Waals surface area contributed by atoms with Crippen LogP contribution in [0.5, 0.6) is 0 Å². The number of fused-ring (bicyclic) bond motifs is 1. The van der Waals surface area contributed by atoms with Gasteiger partial charge in [-0.2, -0.15) is 10.2 Å². The van der Waals surface area contributed by atoms with Gasteiger partial charge in [-0.05, 0) is 46.8 Å². The molecule has 0 fully saturated rings. The second-order valence-electron chi connectivity index (χ2n) is 6.48. The van der Waals surface area contributed by atoms with Crippen molar-refractivity contribution in [3.8, 4) is 17.1 Å². The number of aromatic nitrogens is 6. The molecule has 1 aromatic carbocycles. The molecular weight excluding hydrogens is 312 g/mol. The summed E-state index contributed by atoms with van der Waals surface area (Å²) in [5.74, 6) is 0.853. The first-order valence-electron chi connectivity index (χ1n) is 8.56. The van der Waals surface area contributed by atoms with Crippen molar-refractivity contribution in [2.24, 2.45) is 0 Å². The molecule has 0 aliphatic rings. The summed E-state index contributed by atoms with van der Waals surface area (Å²) in [4.78, 5) is 8.32. The van der Waals surface area contributed by atoms with Crippen molar-refractivity contribution in [2.75, 3.05) is 0 Å². The minimum atomic E-state index is 0.847. The number of aryl methyl sites for hydroxylation is 4. The highest BCUT2D eigenvalue weighted by molar-refractivity contribution is 5.81. The molecule has 4 rings (SSSR count). The van der Waals surface area contributed by atoms with Gasteiger partial charge in [-0.25, -0.2) is 9.67 Å². The lowest BCUT2D eigenvalue weighted by atomic mass is 10.2. The van der Waals surface area contributed by atoms with Crippen LogP contribution in [0.2, 0.25) is 0 Å². The molecule has 128 valence electrons. The highest BCUT2D eigenvalue weighted by atomic mass is 15.3. The van der Waals surface area contributed by atoms with Crippen molar-refractivity contribution in [3.63, 3.8) is 0 Å². The highest BCUT2D eigenvalue weighted by Gasteiger charge is 2.20. The summed E-state index contributed by atoms with van der Waals surface area (Å²) in [5, 5.41) is 9.26. The summed E-state index contributed by atoms with van der Waals surface area (Å²) in [7, 11) is 0. The van der Waals surface area contributed by atoms with Gasteiger partial charge in [0.1, 0.15) is 11.3 Å². The van der Waals surface area contributed by atoms with E-state index in [4.69, 9.17) is 4.98 Å². The number of imidazole rings is 1. The van der Waals surface area contributed by atoms with E-state index in [9.17, 15) is 0 Å². The predicted octanol–water partition coefficient (Wildman–Crippen LogP) is 3.87. The Balaban J connectivity index is 1.91. The SMILES string of the molecule is CCn1nc(C)c(-c2nc3c([nH]2)c(C)nn3-c2ccc(C)cc2)c1C. The van der Waals surface area contributed by atoms with Crippen LogP contribution in [0.1, 0.15) is 29.6 Å². The molecule has 0 saturated heterocycles. The zero-order chi connectivity index (χ0) is 17.7. The first kappa shape index (κ1) is 15.6. The number of hydrogen-bond acceptors (Lipinski definition) is 3. The van der Waals surface area contributed by atoms with E-state index in [1.165, 1.54) is 5.56 Å². The Bertz CT molecular complexity index is 1060. The van der Waals surface area contributed by atoms with Crippen molar-refractivity contribution in [3.05, 3.63) is 46.9 Å². The third-order valence-electron chi connectivity index (χ3n) is 4.69. The topological polar surface area (TPSA) is 64.3 Å². The Morgan fingerprint density at radius 2 is 1.68 bits per heavy atom. The van der Waals surface area contributed by atoms with E-state index in [0.29, 0.717) is 0 Å². The van der Waals surface area contributed by atoms with Gasteiger partial charge in [0.25, 0.3) is 0 Å². The second kappa shape index (κ2) is 5.58. The van der Waals surface area contributed by atoms with Gasteiger partial charge in [0.05, 0.1) is 22.6 Å². The largest absolute Gasteiger partial charge is 0.335 e. The first-order chi connectivity index (χ1) is 12.0. The smallest absolute Gasteiger partial charge is 0.181 e. The molecule has 0 aliphatic heterocycles. The zero-order valence-electron chi connectivity index (χ0n) is 15.3. The Morgan fingerprint density at radius 3 is 2.32 bits per heavy atom. The molecule has 0 unspecified atom stereocenters. The minimum Gasteiger partial charge on any atom is -0.335 e. The Labute approximate surface area is 146 Å². The lowest BCUT2D eigenvalue weighted by Gasteiger charge is -2.02. The van der Waals surface area contributed by atoms with Crippen LogP contribution in [0.25, 0.3) is 28.2 Å².